The molecule has 0 spiro atoms. The van der Waals surface area contributed by atoms with Crippen molar-refractivity contribution < 1.29 is 32.2 Å². The zero-order valence-electron chi connectivity index (χ0n) is 17.5. The van der Waals surface area contributed by atoms with Crippen molar-refractivity contribution in [3.8, 4) is 11.1 Å². The molecule has 1 N–H and O–H groups in total. The van der Waals surface area contributed by atoms with Crippen LogP contribution in [0, 0.1) is 5.82 Å². The van der Waals surface area contributed by atoms with Gasteiger partial charge in [-0.25, -0.2) is 18.7 Å². The number of ether oxygens (including phenoxy) is 3. The number of hydrogen-bond acceptors (Lipinski definition) is 7. The van der Waals surface area contributed by atoms with E-state index in [0.717, 1.165) is 24.2 Å². The van der Waals surface area contributed by atoms with Crippen molar-refractivity contribution >= 4 is 27.5 Å². The number of thiazole rings is 1. The molecule has 2 aliphatic rings. The van der Waals surface area contributed by atoms with E-state index in [2.05, 4.69) is 21.9 Å². The molecular formula is C21H24F3N3O4S. The summed E-state index contributed by atoms with van der Waals surface area (Å²) in [5.74, 6) is -3.62. The minimum atomic E-state index is -2.70. The molecule has 0 aliphatic heterocycles. The molecule has 0 unspecified atom stereocenters. The predicted octanol–water partition coefficient (Wildman–Crippen LogP) is 4.36. The van der Waals surface area contributed by atoms with Crippen LogP contribution in [-0.4, -0.2) is 46.7 Å². The second kappa shape index (κ2) is 9.22. The SMILES string of the molecule is C=C(COC1CCC(Oc2ncc3nc(OC4CC(F)(F)C4)sc3c2F)CC1)NC(C)=O. The van der Waals surface area contributed by atoms with Crippen LogP contribution in [0.3, 0.4) is 0 Å². The van der Waals surface area contributed by atoms with Crippen LogP contribution in [0.1, 0.15) is 45.4 Å². The maximum atomic E-state index is 14.9. The smallest absolute Gasteiger partial charge is 0.274 e. The van der Waals surface area contributed by atoms with Crippen molar-refractivity contribution in [3.63, 3.8) is 0 Å². The Morgan fingerprint density at radius 1 is 1.22 bits per heavy atom. The van der Waals surface area contributed by atoms with Crippen molar-refractivity contribution in [1.29, 1.82) is 0 Å². The van der Waals surface area contributed by atoms with Gasteiger partial charge in [0.1, 0.15) is 22.4 Å². The highest BCUT2D eigenvalue weighted by atomic mass is 32.1. The first-order valence-corrected chi connectivity index (χ1v) is 11.2. The molecular weight excluding hydrogens is 447 g/mol. The Morgan fingerprint density at radius 3 is 2.56 bits per heavy atom. The van der Waals surface area contributed by atoms with E-state index < -0.39 is 17.8 Å². The molecule has 2 heterocycles. The normalized spacial score (nSPS) is 22.9. The second-order valence-electron chi connectivity index (χ2n) is 8.19. The molecule has 1 amide bonds. The fraction of sp³-hybridized carbons (Fsp3) is 0.571. The molecule has 32 heavy (non-hydrogen) atoms. The first-order chi connectivity index (χ1) is 15.2. The third kappa shape index (κ3) is 5.50. The van der Waals surface area contributed by atoms with Crippen LogP contribution in [0.25, 0.3) is 10.2 Å². The number of aromatic nitrogens is 2. The molecule has 0 atom stereocenters. The van der Waals surface area contributed by atoms with Crippen molar-refractivity contribution in [1.82, 2.24) is 15.3 Å². The molecule has 0 aromatic carbocycles. The number of carbonyl (C=O) groups is 1. The lowest BCUT2D eigenvalue weighted by Gasteiger charge is -2.33. The van der Waals surface area contributed by atoms with Gasteiger partial charge in [-0.15, -0.1) is 0 Å². The third-order valence-electron chi connectivity index (χ3n) is 5.39. The average molecular weight is 472 g/mol. The first kappa shape index (κ1) is 22.8. The van der Waals surface area contributed by atoms with Crippen LogP contribution in [0.2, 0.25) is 0 Å². The maximum absolute atomic E-state index is 14.9. The van der Waals surface area contributed by atoms with Crippen LogP contribution in [0.5, 0.6) is 11.1 Å². The summed E-state index contributed by atoms with van der Waals surface area (Å²) in [6, 6.07) is 0. The van der Waals surface area contributed by atoms with Gasteiger partial charge in [0.05, 0.1) is 18.9 Å². The number of fused-ring (bicyclic) bond motifs is 1. The molecule has 174 valence electrons. The van der Waals surface area contributed by atoms with Gasteiger partial charge in [-0.2, -0.15) is 4.39 Å². The van der Waals surface area contributed by atoms with E-state index in [1.165, 1.54) is 13.1 Å². The molecule has 2 aliphatic carbocycles. The summed E-state index contributed by atoms with van der Waals surface area (Å²) in [6.45, 7) is 5.40. The van der Waals surface area contributed by atoms with Gasteiger partial charge in [0.2, 0.25) is 11.7 Å². The molecule has 4 rings (SSSR count). The quantitative estimate of drug-likeness (QED) is 0.616. The average Bonchev–Trinajstić information content (AvgIpc) is 3.11. The second-order valence-corrected chi connectivity index (χ2v) is 9.15. The Balaban J connectivity index is 1.29. The highest BCUT2D eigenvalue weighted by Crippen LogP contribution is 2.41. The van der Waals surface area contributed by atoms with Crippen LogP contribution in [-0.2, 0) is 9.53 Å². The Hall–Kier alpha value is -2.40. The van der Waals surface area contributed by atoms with E-state index in [0.29, 0.717) is 24.1 Å². The van der Waals surface area contributed by atoms with Gasteiger partial charge < -0.3 is 19.5 Å². The zero-order valence-corrected chi connectivity index (χ0v) is 18.4. The van der Waals surface area contributed by atoms with Crippen molar-refractivity contribution in [2.24, 2.45) is 0 Å². The fourth-order valence-electron chi connectivity index (χ4n) is 3.77. The standard InChI is InChI=1S/C21H24F3N3O4S/c1-11(26-12(2)28)10-29-13-3-5-14(6-4-13)30-19-17(22)18-16(9-25-19)27-20(32-18)31-15-7-21(23,24)8-15/h9,13-15H,1,3-8,10H2,2H3,(H,26,28). The van der Waals surface area contributed by atoms with E-state index in [-0.39, 0.29) is 53.3 Å². The molecule has 2 aromatic rings. The third-order valence-corrected chi connectivity index (χ3v) is 6.35. The lowest BCUT2D eigenvalue weighted by atomic mass is 9.91. The molecule has 0 radical (unpaired) electrons. The number of alkyl halides is 2. The van der Waals surface area contributed by atoms with Crippen molar-refractivity contribution in [2.45, 2.75) is 69.7 Å². The lowest BCUT2D eigenvalue weighted by molar-refractivity contribution is -0.134. The highest BCUT2D eigenvalue weighted by Gasteiger charge is 2.47. The fourth-order valence-corrected chi connectivity index (χ4v) is 4.66. The number of carbonyl (C=O) groups excluding carboxylic acids is 1. The van der Waals surface area contributed by atoms with Crippen LogP contribution in [0.4, 0.5) is 13.2 Å². The van der Waals surface area contributed by atoms with Crippen LogP contribution < -0.4 is 14.8 Å². The summed E-state index contributed by atoms with van der Waals surface area (Å²) < 4.78 is 58.1. The number of amides is 1. The zero-order chi connectivity index (χ0) is 22.9. The summed E-state index contributed by atoms with van der Waals surface area (Å²) in [7, 11) is 0. The van der Waals surface area contributed by atoms with Gasteiger partial charge >= 0.3 is 0 Å². The van der Waals surface area contributed by atoms with Gasteiger partial charge in [-0.05, 0) is 25.7 Å². The Bertz CT molecular complexity index is 1000. The van der Waals surface area contributed by atoms with Gasteiger partial charge in [0.15, 0.2) is 0 Å². The first-order valence-electron chi connectivity index (χ1n) is 10.4. The van der Waals surface area contributed by atoms with Crippen LogP contribution in [0.15, 0.2) is 18.5 Å². The highest BCUT2D eigenvalue weighted by molar-refractivity contribution is 7.20. The summed E-state index contributed by atoms with van der Waals surface area (Å²) in [5, 5.41) is 2.74. The molecule has 2 fully saturated rings. The number of nitrogens with zero attached hydrogens (tertiary/aromatic N) is 2. The largest absolute Gasteiger partial charge is 0.472 e. The Morgan fingerprint density at radius 2 is 1.91 bits per heavy atom. The number of rotatable bonds is 8. The summed E-state index contributed by atoms with van der Waals surface area (Å²) in [6.07, 6.45) is 2.69. The molecule has 0 bridgehead atoms. The molecule has 2 aromatic heterocycles. The molecule has 7 nitrogen and oxygen atoms in total. The maximum Gasteiger partial charge on any atom is 0.274 e. The van der Waals surface area contributed by atoms with E-state index in [4.69, 9.17) is 14.2 Å². The number of halogens is 3. The minimum absolute atomic E-state index is 0.0146. The Labute approximate surface area is 187 Å². The van der Waals surface area contributed by atoms with E-state index in [9.17, 15) is 18.0 Å². The van der Waals surface area contributed by atoms with Crippen molar-refractivity contribution in [2.75, 3.05) is 6.61 Å². The lowest BCUT2D eigenvalue weighted by Crippen LogP contribution is -2.43. The molecule has 2 saturated carbocycles. The summed E-state index contributed by atoms with van der Waals surface area (Å²) in [4.78, 5) is 19.2. The number of hydrogen-bond donors (Lipinski definition) is 1. The number of pyridine rings is 1. The van der Waals surface area contributed by atoms with Gasteiger partial charge in [-0.1, -0.05) is 17.9 Å². The van der Waals surface area contributed by atoms with Crippen LogP contribution >= 0.6 is 11.3 Å². The topological polar surface area (TPSA) is 82.6 Å². The summed E-state index contributed by atoms with van der Waals surface area (Å²) >= 11 is 0.960. The number of nitrogens with one attached hydrogen (secondary N) is 1. The predicted molar refractivity (Wildman–Crippen MR) is 112 cm³/mol. The van der Waals surface area contributed by atoms with Gasteiger partial charge in [-0.3, -0.25) is 4.79 Å². The minimum Gasteiger partial charge on any atom is -0.472 e. The summed E-state index contributed by atoms with van der Waals surface area (Å²) in [5.41, 5.74) is 0.812. The van der Waals surface area contributed by atoms with E-state index in [1.54, 1.807) is 0 Å². The van der Waals surface area contributed by atoms with Gasteiger partial charge in [0.25, 0.3) is 17.0 Å². The van der Waals surface area contributed by atoms with E-state index in [1.807, 2.05) is 0 Å². The van der Waals surface area contributed by atoms with Gasteiger partial charge in [0, 0.05) is 25.5 Å². The molecule has 11 heteroatoms. The van der Waals surface area contributed by atoms with Crippen molar-refractivity contribution in [3.05, 3.63) is 24.3 Å². The Kier molecular flexibility index (Phi) is 6.57. The molecule has 0 saturated heterocycles. The van der Waals surface area contributed by atoms with E-state index >= 15 is 0 Å². The monoisotopic (exact) mass is 471 g/mol.